The number of ether oxygens (including phenoxy) is 2. The van der Waals surface area contributed by atoms with Crippen LogP contribution >= 0.6 is 0 Å². The minimum atomic E-state index is -0.985. The molecule has 0 heterocycles. The van der Waals surface area contributed by atoms with Crippen LogP contribution in [0.15, 0.2) is 0 Å². The van der Waals surface area contributed by atoms with Gasteiger partial charge in [0.25, 0.3) is 0 Å². The molecule has 0 fully saturated rings. The van der Waals surface area contributed by atoms with Crippen molar-refractivity contribution in [2.45, 2.75) is 122 Å². The van der Waals surface area contributed by atoms with Crippen LogP contribution < -0.4 is 0 Å². The van der Waals surface area contributed by atoms with Gasteiger partial charge < -0.3 is 14.6 Å². The molecule has 0 aromatic rings. The molecule has 0 aliphatic rings. The number of carbonyl (C=O) groups is 2. The predicted octanol–water partition coefficient (Wildman–Crippen LogP) is 6.67. The molecule has 172 valence electrons. The molecule has 1 N–H and O–H groups in total. The quantitative estimate of drug-likeness (QED) is 0.149. The summed E-state index contributed by atoms with van der Waals surface area (Å²) in [4.78, 5) is 21.5. The van der Waals surface area contributed by atoms with E-state index in [1.54, 1.807) is 0 Å². The van der Waals surface area contributed by atoms with E-state index in [1.807, 2.05) is 0 Å². The van der Waals surface area contributed by atoms with Gasteiger partial charge >= 0.3 is 11.9 Å². The van der Waals surface area contributed by atoms with Crippen LogP contribution in [0.2, 0.25) is 0 Å². The highest BCUT2D eigenvalue weighted by Gasteiger charge is 2.05. The monoisotopic (exact) mass is 414 g/mol. The summed E-state index contributed by atoms with van der Waals surface area (Å²) in [5.41, 5.74) is 0. The first-order chi connectivity index (χ1) is 14.2. The van der Waals surface area contributed by atoms with Crippen LogP contribution in [0.1, 0.15) is 122 Å². The molecule has 0 aromatic heterocycles. The van der Waals surface area contributed by atoms with E-state index in [-0.39, 0.29) is 19.4 Å². The van der Waals surface area contributed by atoms with Gasteiger partial charge in [-0.05, 0) is 6.42 Å². The van der Waals surface area contributed by atoms with E-state index in [4.69, 9.17) is 14.6 Å². The van der Waals surface area contributed by atoms with Crippen molar-refractivity contribution in [3.63, 3.8) is 0 Å². The van der Waals surface area contributed by atoms with E-state index in [0.29, 0.717) is 13.2 Å². The van der Waals surface area contributed by atoms with Crippen LogP contribution in [-0.2, 0) is 19.1 Å². The van der Waals surface area contributed by atoms with E-state index < -0.39 is 11.9 Å². The Bertz CT molecular complexity index is 370. The average molecular weight is 415 g/mol. The lowest BCUT2D eigenvalue weighted by Crippen LogP contribution is -2.12. The molecule has 5 heteroatoms. The molecule has 0 aromatic carbocycles. The summed E-state index contributed by atoms with van der Waals surface area (Å²) in [5, 5.41) is 8.47. The molecule has 0 saturated carbocycles. The molecule has 0 amide bonds. The standard InChI is InChI=1S/C24H46O5/c1-2-3-4-5-6-7-8-9-10-11-12-13-14-15-16-17-20-28-21-22-29-24(27)19-18-23(25)26/h2-22H2,1H3,(H,25,26). The molecule has 0 aliphatic carbocycles. The number of esters is 1. The number of aliphatic carboxylic acids is 1. The molecular weight excluding hydrogens is 368 g/mol. The van der Waals surface area contributed by atoms with Crippen LogP contribution in [0, 0.1) is 0 Å². The summed E-state index contributed by atoms with van der Waals surface area (Å²) < 4.78 is 10.3. The normalized spacial score (nSPS) is 10.9. The van der Waals surface area contributed by atoms with Crippen molar-refractivity contribution < 1.29 is 24.2 Å². The Hall–Kier alpha value is -1.10. The van der Waals surface area contributed by atoms with Crippen LogP contribution in [0.25, 0.3) is 0 Å². The van der Waals surface area contributed by atoms with Crippen molar-refractivity contribution in [2.24, 2.45) is 0 Å². The lowest BCUT2D eigenvalue weighted by Gasteiger charge is -2.06. The first kappa shape index (κ1) is 27.9. The number of hydrogen-bond donors (Lipinski definition) is 1. The van der Waals surface area contributed by atoms with E-state index >= 15 is 0 Å². The van der Waals surface area contributed by atoms with Crippen LogP contribution in [0.3, 0.4) is 0 Å². The van der Waals surface area contributed by atoms with Crippen molar-refractivity contribution in [3.8, 4) is 0 Å². The number of carboxylic acid groups (broad SMARTS) is 1. The highest BCUT2D eigenvalue weighted by atomic mass is 16.6. The lowest BCUT2D eigenvalue weighted by molar-refractivity contribution is -0.148. The number of hydrogen-bond acceptors (Lipinski definition) is 4. The van der Waals surface area contributed by atoms with Gasteiger partial charge in [0.1, 0.15) is 6.61 Å². The summed E-state index contributed by atoms with van der Waals surface area (Å²) in [7, 11) is 0. The zero-order valence-corrected chi connectivity index (χ0v) is 18.9. The Morgan fingerprint density at radius 1 is 0.586 bits per heavy atom. The van der Waals surface area contributed by atoms with Gasteiger partial charge in [0.2, 0.25) is 0 Å². The molecule has 29 heavy (non-hydrogen) atoms. The van der Waals surface area contributed by atoms with Gasteiger partial charge in [-0.25, -0.2) is 0 Å². The van der Waals surface area contributed by atoms with E-state index in [2.05, 4.69) is 6.92 Å². The van der Waals surface area contributed by atoms with Crippen molar-refractivity contribution in [3.05, 3.63) is 0 Å². The van der Waals surface area contributed by atoms with Gasteiger partial charge in [-0.1, -0.05) is 103 Å². The summed E-state index contributed by atoms with van der Waals surface area (Å²) in [6, 6.07) is 0. The van der Waals surface area contributed by atoms with Gasteiger partial charge in [0.15, 0.2) is 0 Å². The maximum atomic E-state index is 11.2. The van der Waals surface area contributed by atoms with Crippen LogP contribution in [-0.4, -0.2) is 36.9 Å². The number of carbonyl (C=O) groups excluding carboxylic acids is 1. The number of unbranched alkanes of at least 4 members (excludes halogenated alkanes) is 15. The SMILES string of the molecule is CCCCCCCCCCCCCCCCCCOCCOC(=O)CCC(=O)O. The minimum absolute atomic E-state index is 0.0749. The van der Waals surface area contributed by atoms with Gasteiger partial charge in [0.05, 0.1) is 19.4 Å². The molecule has 0 atom stereocenters. The van der Waals surface area contributed by atoms with E-state index in [1.165, 1.54) is 96.3 Å². The molecule has 0 radical (unpaired) electrons. The van der Waals surface area contributed by atoms with Crippen LogP contribution in [0.4, 0.5) is 0 Å². The fraction of sp³-hybridized carbons (Fsp3) is 0.917. The first-order valence-electron chi connectivity index (χ1n) is 12.1. The zero-order chi connectivity index (χ0) is 21.4. The Balaban J connectivity index is 3.08. The van der Waals surface area contributed by atoms with Crippen molar-refractivity contribution >= 4 is 11.9 Å². The maximum Gasteiger partial charge on any atom is 0.306 e. The number of carboxylic acids is 1. The summed E-state index contributed by atoms with van der Waals surface area (Å²) in [6.45, 7) is 3.56. The molecular formula is C24H46O5. The third-order valence-corrected chi connectivity index (χ3v) is 5.18. The molecule has 0 aliphatic heterocycles. The molecule has 0 bridgehead atoms. The Labute approximate surface area is 178 Å². The minimum Gasteiger partial charge on any atom is -0.481 e. The van der Waals surface area contributed by atoms with Crippen molar-refractivity contribution in [2.75, 3.05) is 19.8 Å². The lowest BCUT2D eigenvalue weighted by atomic mass is 10.0. The van der Waals surface area contributed by atoms with Gasteiger partial charge in [-0.3, -0.25) is 9.59 Å². The molecule has 5 nitrogen and oxygen atoms in total. The highest BCUT2D eigenvalue weighted by molar-refractivity contribution is 5.76. The Kier molecular flexibility index (Phi) is 22.3. The Morgan fingerprint density at radius 3 is 1.48 bits per heavy atom. The summed E-state index contributed by atoms with van der Waals surface area (Å²) in [6.07, 6.45) is 21.4. The van der Waals surface area contributed by atoms with Crippen LogP contribution in [0.5, 0.6) is 0 Å². The number of rotatable bonds is 23. The molecule has 0 rings (SSSR count). The molecule has 0 unspecified atom stereocenters. The first-order valence-corrected chi connectivity index (χ1v) is 12.1. The molecule has 0 saturated heterocycles. The predicted molar refractivity (Wildman–Crippen MR) is 118 cm³/mol. The van der Waals surface area contributed by atoms with Gasteiger partial charge in [-0.2, -0.15) is 0 Å². The van der Waals surface area contributed by atoms with E-state index in [0.717, 1.165) is 6.42 Å². The fourth-order valence-corrected chi connectivity index (χ4v) is 3.35. The largest absolute Gasteiger partial charge is 0.481 e. The summed E-state index contributed by atoms with van der Waals surface area (Å²) in [5.74, 6) is -1.46. The average Bonchev–Trinajstić information content (AvgIpc) is 2.70. The second-order valence-electron chi connectivity index (χ2n) is 8.03. The topological polar surface area (TPSA) is 72.8 Å². The summed E-state index contributed by atoms with van der Waals surface area (Å²) >= 11 is 0. The van der Waals surface area contributed by atoms with Gasteiger partial charge in [-0.15, -0.1) is 0 Å². The highest BCUT2D eigenvalue weighted by Crippen LogP contribution is 2.13. The van der Waals surface area contributed by atoms with Crippen molar-refractivity contribution in [1.82, 2.24) is 0 Å². The van der Waals surface area contributed by atoms with E-state index in [9.17, 15) is 9.59 Å². The maximum absolute atomic E-state index is 11.2. The second kappa shape index (κ2) is 23.2. The fourth-order valence-electron chi connectivity index (χ4n) is 3.35. The molecule has 0 spiro atoms. The smallest absolute Gasteiger partial charge is 0.306 e. The third-order valence-electron chi connectivity index (χ3n) is 5.18. The van der Waals surface area contributed by atoms with Gasteiger partial charge in [0, 0.05) is 6.61 Å². The second-order valence-corrected chi connectivity index (χ2v) is 8.03. The van der Waals surface area contributed by atoms with Crippen molar-refractivity contribution in [1.29, 1.82) is 0 Å². The zero-order valence-electron chi connectivity index (χ0n) is 18.9. The Morgan fingerprint density at radius 2 is 1.03 bits per heavy atom. The third kappa shape index (κ3) is 24.9.